The van der Waals surface area contributed by atoms with Crippen LogP contribution in [0, 0.1) is 0 Å². The van der Waals surface area contributed by atoms with Gasteiger partial charge in [-0.2, -0.15) is 0 Å². The summed E-state index contributed by atoms with van der Waals surface area (Å²) in [7, 11) is 0. The van der Waals surface area contributed by atoms with E-state index in [1.165, 1.54) is 6.07 Å². The van der Waals surface area contributed by atoms with Gasteiger partial charge in [0.2, 0.25) is 0 Å². The number of carboxylic acid groups (broad SMARTS) is 1. The van der Waals surface area contributed by atoms with E-state index >= 15 is 0 Å². The average Bonchev–Trinajstić information content (AvgIpc) is 2.47. The summed E-state index contributed by atoms with van der Waals surface area (Å²) in [4.78, 5) is 24.0. The molecule has 0 unspecified atom stereocenters. The number of aromatic carboxylic acids is 1. The van der Waals surface area contributed by atoms with E-state index in [1.54, 1.807) is 18.2 Å². The van der Waals surface area contributed by atoms with Crippen LogP contribution in [0.25, 0.3) is 0 Å². The lowest BCUT2D eigenvalue weighted by molar-refractivity contribution is 0.0690. The summed E-state index contributed by atoms with van der Waals surface area (Å²) in [6, 6.07) is 15.7. The molecule has 102 valence electrons. The topological polar surface area (TPSA) is 54.4 Å². The lowest BCUT2D eigenvalue weighted by Crippen LogP contribution is -2.30. The second-order valence-corrected chi connectivity index (χ2v) is 5.17. The minimum absolute atomic E-state index is 0.0431. The molecule has 0 heterocycles. The number of carbonyl (C=O) groups is 2. The van der Waals surface area contributed by atoms with E-state index in [-0.39, 0.29) is 16.9 Å². The fraction of sp³-hybridized carbons (Fsp3) is 0.176. The molecule has 0 saturated heterocycles. The Morgan fingerprint density at radius 1 is 0.850 bits per heavy atom. The second kappa shape index (κ2) is 5.29. The van der Waals surface area contributed by atoms with Gasteiger partial charge in [-0.25, -0.2) is 4.79 Å². The number of rotatable bonds is 4. The highest BCUT2D eigenvalue weighted by molar-refractivity contribution is 6.10. The fourth-order valence-corrected chi connectivity index (χ4v) is 2.19. The molecule has 0 bridgehead atoms. The zero-order valence-electron chi connectivity index (χ0n) is 11.5. The maximum absolute atomic E-state index is 12.7. The van der Waals surface area contributed by atoms with Crippen molar-refractivity contribution in [3.8, 4) is 0 Å². The van der Waals surface area contributed by atoms with Gasteiger partial charge in [-0.3, -0.25) is 4.79 Å². The molecule has 0 amide bonds. The Morgan fingerprint density at radius 3 is 1.90 bits per heavy atom. The third kappa shape index (κ3) is 2.48. The van der Waals surface area contributed by atoms with E-state index in [0.717, 1.165) is 5.56 Å². The number of ketones is 1. The van der Waals surface area contributed by atoms with Gasteiger partial charge in [0.05, 0.1) is 11.0 Å². The first-order valence-electron chi connectivity index (χ1n) is 6.37. The van der Waals surface area contributed by atoms with Gasteiger partial charge >= 0.3 is 5.97 Å². The average molecular weight is 268 g/mol. The number of carbonyl (C=O) groups excluding carboxylic acids is 1. The number of benzene rings is 2. The smallest absolute Gasteiger partial charge is 0.336 e. The Hall–Kier alpha value is -2.42. The van der Waals surface area contributed by atoms with Crippen LogP contribution in [0.3, 0.4) is 0 Å². The Balaban J connectivity index is 2.49. The van der Waals surface area contributed by atoms with Crippen molar-refractivity contribution in [1.82, 2.24) is 0 Å². The van der Waals surface area contributed by atoms with E-state index < -0.39 is 11.4 Å². The lowest BCUT2D eigenvalue weighted by Gasteiger charge is -2.24. The molecule has 0 aliphatic rings. The zero-order chi connectivity index (χ0) is 14.8. The van der Waals surface area contributed by atoms with Crippen LogP contribution >= 0.6 is 0 Å². The SMILES string of the molecule is CC(C)(C(=O)c1ccccc1C(=O)O)c1ccccc1. The van der Waals surface area contributed by atoms with E-state index in [1.807, 2.05) is 44.2 Å². The molecule has 3 nitrogen and oxygen atoms in total. The van der Waals surface area contributed by atoms with Gasteiger partial charge in [-0.1, -0.05) is 48.5 Å². The van der Waals surface area contributed by atoms with Crippen molar-refractivity contribution >= 4 is 11.8 Å². The van der Waals surface area contributed by atoms with Crippen molar-refractivity contribution in [2.24, 2.45) is 0 Å². The molecule has 0 atom stereocenters. The molecule has 2 aromatic carbocycles. The van der Waals surface area contributed by atoms with Crippen molar-refractivity contribution in [2.75, 3.05) is 0 Å². The van der Waals surface area contributed by atoms with Gasteiger partial charge in [0.1, 0.15) is 0 Å². The largest absolute Gasteiger partial charge is 0.478 e. The second-order valence-electron chi connectivity index (χ2n) is 5.17. The van der Waals surface area contributed by atoms with Crippen LogP contribution in [-0.4, -0.2) is 16.9 Å². The van der Waals surface area contributed by atoms with E-state index in [0.29, 0.717) is 0 Å². The molecule has 0 spiro atoms. The molecule has 20 heavy (non-hydrogen) atoms. The normalized spacial score (nSPS) is 11.1. The minimum atomic E-state index is -1.09. The Morgan fingerprint density at radius 2 is 1.35 bits per heavy atom. The van der Waals surface area contributed by atoms with Gasteiger partial charge < -0.3 is 5.11 Å². The van der Waals surface area contributed by atoms with Crippen molar-refractivity contribution in [1.29, 1.82) is 0 Å². The first kappa shape index (κ1) is 14.0. The molecule has 0 aliphatic carbocycles. The maximum Gasteiger partial charge on any atom is 0.336 e. The fourth-order valence-electron chi connectivity index (χ4n) is 2.19. The number of carboxylic acids is 1. The zero-order valence-corrected chi connectivity index (χ0v) is 11.5. The lowest BCUT2D eigenvalue weighted by atomic mass is 9.77. The minimum Gasteiger partial charge on any atom is -0.478 e. The molecule has 0 aliphatic heterocycles. The molecule has 2 aromatic rings. The Kier molecular flexibility index (Phi) is 3.70. The van der Waals surface area contributed by atoms with Crippen molar-refractivity contribution in [3.63, 3.8) is 0 Å². The van der Waals surface area contributed by atoms with E-state index in [9.17, 15) is 14.7 Å². The number of hydrogen-bond donors (Lipinski definition) is 1. The van der Waals surface area contributed by atoms with Crippen LogP contribution in [0.5, 0.6) is 0 Å². The van der Waals surface area contributed by atoms with Gasteiger partial charge in [0, 0.05) is 5.56 Å². The van der Waals surface area contributed by atoms with Gasteiger partial charge in [0.15, 0.2) is 5.78 Å². The first-order chi connectivity index (χ1) is 9.44. The monoisotopic (exact) mass is 268 g/mol. The summed E-state index contributed by atoms with van der Waals surface area (Å²) in [5.74, 6) is -1.28. The summed E-state index contributed by atoms with van der Waals surface area (Å²) >= 11 is 0. The molecule has 1 N–H and O–H groups in total. The summed E-state index contributed by atoms with van der Waals surface area (Å²) < 4.78 is 0. The number of Topliss-reactive ketones (excluding diaryl/α,β-unsaturated/α-hetero) is 1. The van der Waals surface area contributed by atoms with Gasteiger partial charge in [-0.05, 0) is 25.5 Å². The maximum atomic E-state index is 12.7. The van der Waals surface area contributed by atoms with Crippen LogP contribution in [0.2, 0.25) is 0 Å². The summed E-state index contributed by atoms with van der Waals surface area (Å²) in [6.07, 6.45) is 0. The van der Waals surface area contributed by atoms with Crippen LogP contribution in [0.4, 0.5) is 0 Å². The highest BCUT2D eigenvalue weighted by atomic mass is 16.4. The molecule has 0 radical (unpaired) electrons. The summed E-state index contributed by atoms with van der Waals surface area (Å²) in [5, 5.41) is 9.20. The molecular weight excluding hydrogens is 252 g/mol. The van der Waals surface area contributed by atoms with Gasteiger partial charge in [0.25, 0.3) is 0 Å². The Labute approximate surface area is 117 Å². The molecule has 2 rings (SSSR count). The van der Waals surface area contributed by atoms with Crippen LogP contribution in [0.1, 0.15) is 40.1 Å². The highest BCUT2D eigenvalue weighted by Crippen LogP contribution is 2.28. The van der Waals surface area contributed by atoms with E-state index in [4.69, 9.17) is 0 Å². The number of hydrogen-bond acceptors (Lipinski definition) is 2. The molecular formula is C17H16O3. The highest BCUT2D eigenvalue weighted by Gasteiger charge is 2.32. The van der Waals surface area contributed by atoms with Crippen LogP contribution in [-0.2, 0) is 5.41 Å². The molecule has 0 aromatic heterocycles. The van der Waals surface area contributed by atoms with Crippen molar-refractivity contribution in [2.45, 2.75) is 19.3 Å². The third-order valence-electron chi connectivity index (χ3n) is 3.47. The molecule has 0 saturated carbocycles. The van der Waals surface area contributed by atoms with Crippen LogP contribution < -0.4 is 0 Å². The quantitative estimate of drug-likeness (QED) is 0.863. The predicted molar refractivity (Wildman–Crippen MR) is 77.2 cm³/mol. The standard InChI is InChI=1S/C17H16O3/c1-17(2,12-8-4-3-5-9-12)15(18)13-10-6-7-11-14(13)16(19)20/h3-11H,1-2H3,(H,19,20). The third-order valence-corrected chi connectivity index (χ3v) is 3.47. The summed E-state index contributed by atoms with van der Waals surface area (Å²) in [6.45, 7) is 3.62. The Bertz CT molecular complexity index is 642. The molecule has 0 fully saturated rings. The van der Waals surface area contributed by atoms with Crippen LogP contribution in [0.15, 0.2) is 54.6 Å². The van der Waals surface area contributed by atoms with E-state index in [2.05, 4.69) is 0 Å². The summed E-state index contributed by atoms with van der Waals surface area (Å²) in [5.41, 5.74) is 0.382. The van der Waals surface area contributed by atoms with Crippen molar-refractivity contribution < 1.29 is 14.7 Å². The first-order valence-corrected chi connectivity index (χ1v) is 6.37. The van der Waals surface area contributed by atoms with Gasteiger partial charge in [-0.15, -0.1) is 0 Å². The molecule has 3 heteroatoms. The van der Waals surface area contributed by atoms with Crippen molar-refractivity contribution in [3.05, 3.63) is 71.3 Å². The predicted octanol–water partition coefficient (Wildman–Crippen LogP) is 3.55.